The van der Waals surface area contributed by atoms with Gasteiger partial charge >= 0.3 is 0 Å². The molecule has 0 atom stereocenters. The summed E-state index contributed by atoms with van der Waals surface area (Å²) in [4.78, 5) is 24.0. The molecule has 0 aliphatic heterocycles. The number of halogens is 1. The summed E-state index contributed by atoms with van der Waals surface area (Å²) in [6.45, 7) is 3.45. The lowest BCUT2D eigenvalue weighted by atomic mass is 10.1. The van der Waals surface area contributed by atoms with Gasteiger partial charge in [-0.25, -0.2) is 0 Å². The van der Waals surface area contributed by atoms with Crippen molar-refractivity contribution in [2.24, 2.45) is 0 Å². The summed E-state index contributed by atoms with van der Waals surface area (Å²) in [7, 11) is 2.97. The molecule has 2 aromatic rings. The number of nitrogens with one attached hydrogen (secondary N) is 2. The highest BCUT2D eigenvalue weighted by molar-refractivity contribution is 6.32. The fourth-order valence-corrected chi connectivity index (χ4v) is 2.46. The van der Waals surface area contributed by atoms with E-state index in [0.717, 1.165) is 11.1 Å². The second-order valence-electron chi connectivity index (χ2n) is 5.73. The Bertz CT molecular complexity index is 831. The lowest BCUT2D eigenvalue weighted by Crippen LogP contribution is -2.43. The molecule has 7 nitrogen and oxygen atoms in total. The summed E-state index contributed by atoms with van der Waals surface area (Å²) in [5.74, 6) is 0.431. The molecule has 2 N–H and O–H groups in total. The van der Waals surface area contributed by atoms with Crippen LogP contribution >= 0.6 is 11.6 Å². The summed E-state index contributed by atoms with van der Waals surface area (Å²) >= 11 is 6.10. The van der Waals surface area contributed by atoms with Gasteiger partial charge < -0.3 is 14.2 Å². The van der Waals surface area contributed by atoms with Crippen LogP contribution in [0.5, 0.6) is 17.2 Å². The van der Waals surface area contributed by atoms with Gasteiger partial charge in [-0.2, -0.15) is 0 Å². The molecule has 2 amide bonds. The number of amides is 2. The minimum Gasteiger partial charge on any atom is -0.493 e. The second kappa shape index (κ2) is 9.14. The predicted molar refractivity (Wildman–Crippen MR) is 102 cm³/mol. The van der Waals surface area contributed by atoms with Crippen LogP contribution in [0.3, 0.4) is 0 Å². The van der Waals surface area contributed by atoms with E-state index < -0.39 is 11.8 Å². The van der Waals surface area contributed by atoms with Crippen LogP contribution < -0.4 is 25.1 Å². The Morgan fingerprint density at radius 3 is 2.19 bits per heavy atom. The number of aryl methyl sites for hydroxylation is 2. The van der Waals surface area contributed by atoms with Gasteiger partial charge in [0.2, 0.25) is 0 Å². The summed E-state index contributed by atoms with van der Waals surface area (Å²) in [6, 6.07) is 8.15. The van der Waals surface area contributed by atoms with Gasteiger partial charge in [0, 0.05) is 10.6 Å². The number of hydrogen-bond donors (Lipinski definition) is 2. The maximum atomic E-state index is 12.1. The fraction of sp³-hybridized carbons (Fsp3) is 0.263. The molecule has 8 heteroatoms. The molecule has 0 fully saturated rings. The normalized spacial score (nSPS) is 10.1. The highest BCUT2D eigenvalue weighted by Crippen LogP contribution is 2.27. The largest absolute Gasteiger partial charge is 0.493 e. The lowest BCUT2D eigenvalue weighted by Gasteiger charge is -2.12. The van der Waals surface area contributed by atoms with Crippen LogP contribution in [0.4, 0.5) is 0 Å². The van der Waals surface area contributed by atoms with Crippen LogP contribution in [0.1, 0.15) is 21.5 Å². The molecule has 0 spiro atoms. The zero-order valence-electron chi connectivity index (χ0n) is 15.5. The van der Waals surface area contributed by atoms with Crippen molar-refractivity contribution in [2.45, 2.75) is 13.8 Å². The zero-order chi connectivity index (χ0) is 20.0. The van der Waals surface area contributed by atoms with Crippen LogP contribution in [0.15, 0.2) is 30.3 Å². The molecule has 144 valence electrons. The number of ether oxygens (including phenoxy) is 3. The minimum absolute atomic E-state index is 0.257. The third-order valence-electron chi connectivity index (χ3n) is 3.74. The highest BCUT2D eigenvalue weighted by Gasteiger charge is 2.12. The van der Waals surface area contributed by atoms with Gasteiger partial charge in [0.1, 0.15) is 5.75 Å². The Kier molecular flexibility index (Phi) is 6.90. The van der Waals surface area contributed by atoms with E-state index in [9.17, 15) is 9.59 Å². The Morgan fingerprint density at radius 2 is 1.59 bits per heavy atom. The third kappa shape index (κ3) is 5.27. The second-order valence-corrected chi connectivity index (χ2v) is 6.11. The topological polar surface area (TPSA) is 85.9 Å². The standard InChI is InChI=1S/C19H21ClN2O5/c1-11-7-14(8-12(2)18(11)20)27-10-17(23)21-22-19(24)13-5-6-15(25-3)16(9-13)26-4/h5-9H,10H2,1-4H3,(H,21,23)(H,22,24). The Hall–Kier alpha value is -2.93. The molecule has 0 aliphatic carbocycles. The Labute approximate surface area is 162 Å². The molecule has 0 saturated heterocycles. The highest BCUT2D eigenvalue weighted by atomic mass is 35.5. The van der Waals surface area contributed by atoms with Crippen LogP contribution in [0, 0.1) is 13.8 Å². The molecule has 2 aromatic carbocycles. The first kappa shape index (κ1) is 20.4. The van der Waals surface area contributed by atoms with Gasteiger partial charge in [0.15, 0.2) is 18.1 Å². The average Bonchev–Trinajstić information content (AvgIpc) is 2.67. The van der Waals surface area contributed by atoms with E-state index in [4.69, 9.17) is 25.8 Å². The number of hydrazine groups is 1. The third-order valence-corrected chi connectivity index (χ3v) is 4.34. The van der Waals surface area contributed by atoms with E-state index in [0.29, 0.717) is 27.8 Å². The molecule has 0 unspecified atom stereocenters. The predicted octanol–water partition coefficient (Wildman–Crippen LogP) is 2.81. The van der Waals surface area contributed by atoms with Crippen LogP contribution in [0.25, 0.3) is 0 Å². The van der Waals surface area contributed by atoms with Gasteiger partial charge in [0.25, 0.3) is 11.8 Å². The number of carbonyl (C=O) groups is 2. The summed E-state index contributed by atoms with van der Waals surface area (Å²) in [5, 5.41) is 0.661. The number of hydrogen-bond acceptors (Lipinski definition) is 5. The van der Waals surface area contributed by atoms with Crippen molar-refractivity contribution in [3.05, 3.63) is 52.0 Å². The van der Waals surface area contributed by atoms with Crippen LogP contribution in [-0.4, -0.2) is 32.6 Å². The van der Waals surface area contributed by atoms with Crippen molar-refractivity contribution in [1.82, 2.24) is 10.9 Å². The van der Waals surface area contributed by atoms with E-state index in [1.807, 2.05) is 13.8 Å². The average molecular weight is 393 g/mol. The molecular weight excluding hydrogens is 372 g/mol. The quantitative estimate of drug-likeness (QED) is 0.738. The first-order valence-corrected chi connectivity index (χ1v) is 8.44. The number of carbonyl (C=O) groups excluding carboxylic acids is 2. The van der Waals surface area contributed by atoms with E-state index >= 15 is 0 Å². The molecular formula is C19H21ClN2O5. The van der Waals surface area contributed by atoms with Gasteiger partial charge in [-0.15, -0.1) is 0 Å². The first-order chi connectivity index (χ1) is 12.8. The van der Waals surface area contributed by atoms with Crippen LogP contribution in [-0.2, 0) is 4.79 Å². The van der Waals surface area contributed by atoms with E-state index in [1.54, 1.807) is 24.3 Å². The van der Waals surface area contributed by atoms with E-state index in [1.165, 1.54) is 20.3 Å². The molecule has 27 heavy (non-hydrogen) atoms. The summed E-state index contributed by atoms with van der Waals surface area (Å²) in [5.41, 5.74) is 6.63. The van der Waals surface area contributed by atoms with Crippen molar-refractivity contribution in [1.29, 1.82) is 0 Å². The molecule has 0 aromatic heterocycles. The molecule has 0 saturated carbocycles. The molecule has 0 aliphatic rings. The summed E-state index contributed by atoms with van der Waals surface area (Å²) in [6.07, 6.45) is 0. The van der Waals surface area contributed by atoms with Gasteiger partial charge in [-0.1, -0.05) is 11.6 Å². The molecule has 2 rings (SSSR count). The van der Waals surface area contributed by atoms with E-state index in [-0.39, 0.29) is 6.61 Å². The van der Waals surface area contributed by atoms with Crippen molar-refractivity contribution in [2.75, 3.05) is 20.8 Å². The molecule has 0 heterocycles. The Balaban J connectivity index is 1.89. The number of benzene rings is 2. The SMILES string of the molecule is COc1ccc(C(=O)NNC(=O)COc2cc(C)c(Cl)c(C)c2)cc1OC. The van der Waals surface area contributed by atoms with Crippen molar-refractivity contribution in [3.8, 4) is 17.2 Å². The first-order valence-electron chi connectivity index (χ1n) is 8.06. The van der Waals surface area contributed by atoms with Crippen molar-refractivity contribution >= 4 is 23.4 Å². The maximum absolute atomic E-state index is 12.1. The molecule has 0 bridgehead atoms. The van der Waals surface area contributed by atoms with Crippen LogP contribution in [0.2, 0.25) is 5.02 Å². The minimum atomic E-state index is -0.505. The van der Waals surface area contributed by atoms with Gasteiger partial charge in [-0.05, 0) is 55.3 Å². The smallest absolute Gasteiger partial charge is 0.276 e. The lowest BCUT2D eigenvalue weighted by molar-refractivity contribution is -0.123. The molecule has 0 radical (unpaired) electrons. The summed E-state index contributed by atoms with van der Waals surface area (Å²) < 4.78 is 15.7. The van der Waals surface area contributed by atoms with Crippen molar-refractivity contribution < 1.29 is 23.8 Å². The van der Waals surface area contributed by atoms with Gasteiger partial charge in [-0.3, -0.25) is 20.4 Å². The maximum Gasteiger partial charge on any atom is 0.276 e. The zero-order valence-corrected chi connectivity index (χ0v) is 16.3. The monoisotopic (exact) mass is 392 g/mol. The number of methoxy groups -OCH3 is 2. The fourth-order valence-electron chi connectivity index (χ4n) is 2.35. The van der Waals surface area contributed by atoms with Gasteiger partial charge in [0.05, 0.1) is 14.2 Å². The Morgan fingerprint density at radius 1 is 0.963 bits per heavy atom. The number of rotatable bonds is 6. The van der Waals surface area contributed by atoms with Crippen molar-refractivity contribution in [3.63, 3.8) is 0 Å². The van der Waals surface area contributed by atoms with E-state index in [2.05, 4.69) is 10.9 Å².